The van der Waals surface area contributed by atoms with E-state index >= 15 is 0 Å². The van der Waals surface area contributed by atoms with Crippen molar-refractivity contribution < 1.29 is 4.79 Å². The highest BCUT2D eigenvalue weighted by Crippen LogP contribution is 2.38. The van der Waals surface area contributed by atoms with Gasteiger partial charge in [0, 0.05) is 22.7 Å². The molecule has 2 aromatic heterocycles. The van der Waals surface area contributed by atoms with Crippen molar-refractivity contribution in [2.45, 2.75) is 38.4 Å². The summed E-state index contributed by atoms with van der Waals surface area (Å²) < 4.78 is 3.97. The Morgan fingerprint density at radius 3 is 1.89 bits per heavy atom. The number of amides is 1. The Morgan fingerprint density at radius 1 is 0.730 bits per heavy atom. The van der Waals surface area contributed by atoms with Crippen LogP contribution in [0.5, 0.6) is 0 Å². The number of rotatable bonds is 5. The van der Waals surface area contributed by atoms with Crippen LogP contribution in [0.4, 0.5) is 0 Å². The standard InChI is InChI=1S/C31H29N5O/c1-30(2,3)32-29(37)31(21-22-13-5-4-6-14-22,36-28-20-12-9-17-25(28)33-34-36)35-26-18-10-7-15-23(26)24-16-8-11-19-27(24)35/h4-20H,21H2,1-3H3,(H,32,37). The van der Waals surface area contributed by atoms with E-state index in [0.29, 0.717) is 6.42 Å². The maximum Gasteiger partial charge on any atom is 0.269 e. The van der Waals surface area contributed by atoms with Gasteiger partial charge < -0.3 is 9.88 Å². The lowest BCUT2D eigenvalue weighted by atomic mass is 9.95. The lowest BCUT2D eigenvalue weighted by molar-refractivity contribution is -0.133. The van der Waals surface area contributed by atoms with Gasteiger partial charge in [-0.2, -0.15) is 0 Å². The highest BCUT2D eigenvalue weighted by Gasteiger charge is 2.47. The van der Waals surface area contributed by atoms with Gasteiger partial charge >= 0.3 is 0 Å². The first-order chi connectivity index (χ1) is 17.9. The molecule has 0 spiro atoms. The van der Waals surface area contributed by atoms with Gasteiger partial charge in [0.25, 0.3) is 5.91 Å². The lowest BCUT2D eigenvalue weighted by Gasteiger charge is -2.38. The summed E-state index contributed by atoms with van der Waals surface area (Å²) in [5.74, 6) is -0.147. The van der Waals surface area contributed by atoms with Crippen LogP contribution in [0.25, 0.3) is 32.8 Å². The van der Waals surface area contributed by atoms with E-state index in [2.05, 4.69) is 56.6 Å². The van der Waals surface area contributed by atoms with Crippen molar-refractivity contribution in [3.63, 3.8) is 0 Å². The van der Waals surface area contributed by atoms with E-state index < -0.39 is 11.2 Å². The third kappa shape index (κ3) is 3.76. The van der Waals surface area contributed by atoms with Gasteiger partial charge in [-0.15, -0.1) is 5.10 Å². The molecule has 0 aliphatic rings. The van der Waals surface area contributed by atoms with Crippen LogP contribution >= 0.6 is 0 Å². The van der Waals surface area contributed by atoms with Gasteiger partial charge in [0.05, 0.1) is 16.6 Å². The average Bonchev–Trinajstić information content (AvgIpc) is 3.47. The highest BCUT2D eigenvalue weighted by atomic mass is 16.2. The number of benzene rings is 4. The molecule has 0 radical (unpaired) electrons. The van der Waals surface area contributed by atoms with Gasteiger partial charge in [-0.25, -0.2) is 4.68 Å². The van der Waals surface area contributed by atoms with E-state index in [1.807, 2.05) is 92.2 Å². The smallest absolute Gasteiger partial charge is 0.269 e. The molecular weight excluding hydrogens is 458 g/mol. The maximum absolute atomic E-state index is 14.8. The molecule has 1 N–H and O–H groups in total. The minimum absolute atomic E-state index is 0.147. The molecule has 1 amide bonds. The molecule has 6 heteroatoms. The summed E-state index contributed by atoms with van der Waals surface area (Å²) in [6.07, 6.45) is 0.381. The summed E-state index contributed by atoms with van der Waals surface area (Å²) >= 11 is 0. The first-order valence-corrected chi connectivity index (χ1v) is 12.5. The minimum Gasteiger partial charge on any atom is -0.348 e. The summed E-state index contributed by atoms with van der Waals surface area (Å²) in [5, 5.41) is 14.6. The van der Waals surface area contributed by atoms with Crippen LogP contribution in [0.3, 0.4) is 0 Å². The first kappa shape index (κ1) is 23.0. The zero-order valence-electron chi connectivity index (χ0n) is 21.2. The van der Waals surface area contributed by atoms with Crippen molar-refractivity contribution >= 4 is 38.7 Å². The van der Waals surface area contributed by atoms with Crippen LogP contribution in [0, 0.1) is 0 Å². The largest absolute Gasteiger partial charge is 0.348 e. The normalized spacial score (nSPS) is 13.7. The number of aromatic nitrogens is 4. The molecule has 2 heterocycles. The number of nitrogens with one attached hydrogen (secondary N) is 1. The predicted molar refractivity (Wildman–Crippen MR) is 148 cm³/mol. The Hall–Kier alpha value is -4.45. The summed E-state index contributed by atoms with van der Waals surface area (Å²) in [7, 11) is 0. The minimum atomic E-state index is -1.28. The third-order valence-corrected chi connectivity index (χ3v) is 6.80. The topological polar surface area (TPSA) is 64.7 Å². The number of fused-ring (bicyclic) bond motifs is 4. The quantitative estimate of drug-likeness (QED) is 0.329. The fourth-order valence-electron chi connectivity index (χ4n) is 5.31. The molecule has 4 aromatic carbocycles. The molecule has 0 saturated carbocycles. The lowest BCUT2D eigenvalue weighted by Crippen LogP contribution is -2.59. The number of hydrogen-bond acceptors (Lipinski definition) is 3. The molecule has 1 atom stereocenters. The van der Waals surface area contributed by atoms with Crippen LogP contribution < -0.4 is 5.32 Å². The van der Waals surface area contributed by atoms with Crippen molar-refractivity contribution in [3.8, 4) is 0 Å². The maximum atomic E-state index is 14.8. The van der Waals surface area contributed by atoms with E-state index in [4.69, 9.17) is 0 Å². The number of nitrogens with zero attached hydrogens (tertiary/aromatic N) is 4. The Balaban J connectivity index is 1.79. The summed E-state index contributed by atoms with van der Waals surface area (Å²) in [4.78, 5) is 14.8. The number of hydrogen-bond donors (Lipinski definition) is 1. The summed E-state index contributed by atoms with van der Waals surface area (Å²) in [5.41, 5.74) is 2.73. The molecule has 6 aromatic rings. The van der Waals surface area contributed by atoms with E-state index in [1.54, 1.807) is 0 Å². The second kappa shape index (κ2) is 8.59. The Morgan fingerprint density at radius 2 is 1.27 bits per heavy atom. The van der Waals surface area contributed by atoms with Crippen LogP contribution in [0.2, 0.25) is 0 Å². The predicted octanol–water partition coefficient (Wildman–Crippen LogP) is 5.90. The first-order valence-electron chi connectivity index (χ1n) is 12.5. The number of carbonyl (C=O) groups is 1. The SMILES string of the molecule is CC(C)(C)NC(=O)C(Cc1ccccc1)(n1nnc2ccccc21)n1c2ccccc2c2ccccc21. The van der Waals surface area contributed by atoms with Gasteiger partial charge in [-0.05, 0) is 50.6 Å². The molecule has 0 aliphatic heterocycles. The van der Waals surface area contributed by atoms with Crippen molar-refractivity contribution in [1.82, 2.24) is 24.9 Å². The van der Waals surface area contributed by atoms with Gasteiger partial charge in [0.2, 0.25) is 5.66 Å². The van der Waals surface area contributed by atoms with Crippen LogP contribution in [0.1, 0.15) is 26.3 Å². The molecular formula is C31H29N5O. The van der Waals surface area contributed by atoms with Crippen molar-refractivity contribution in [2.75, 3.05) is 0 Å². The molecule has 0 saturated heterocycles. The molecule has 0 aliphatic carbocycles. The monoisotopic (exact) mass is 487 g/mol. The zero-order valence-corrected chi connectivity index (χ0v) is 21.2. The molecule has 184 valence electrons. The Bertz CT molecular complexity index is 1690. The van der Waals surface area contributed by atoms with Crippen LogP contribution in [-0.2, 0) is 16.9 Å². The molecule has 37 heavy (non-hydrogen) atoms. The van der Waals surface area contributed by atoms with Gasteiger partial charge in [-0.3, -0.25) is 4.79 Å². The van der Waals surface area contributed by atoms with E-state index in [1.165, 1.54) is 0 Å². The van der Waals surface area contributed by atoms with E-state index in [9.17, 15) is 4.79 Å². The van der Waals surface area contributed by atoms with Gasteiger partial charge in [0.15, 0.2) is 0 Å². The van der Waals surface area contributed by atoms with Crippen molar-refractivity contribution in [1.29, 1.82) is 0 Å². The molecule has 0 bridgehead atoms. The fourth-order valence-corrected chi connectivity index (χ4v) is 5.31. The van der Waals surface area contributed by atoms with Crippen molar-refractivity contribution in [3.05, 3.63) is 109 Å². The number of carbonyl (C=O) groups excluding carboxylic acids is 1. The van der Waals surface area contributed by atoms with Gasteiger partial charge in [0.1, 0.15) is 5.52 Å². The second-order valence-corrected chi connectivity index (χ2v) is 10.5. The number of para-hydroxylation sites is 3. The molecule has 6 nitrogen and oxygen atoms in total. The summed E-state index contributed by atoms with van der Waals surface area (Å²) in [6, 6.07) is 34.5. The highest BCUT2D eigenvalue weighted by molar-refractivity contribution is 6.09. The second-order valence-electron chi connectivity index (χ2n) is 10.5. The van der Waals surface area contributed by atoms with Crippen LogP contribution in [0.15, 0.2) is 103 Å². The molecule has 0 fully saturated rings. The Labute approximate surface area is 215 Å². The van der Waals surface area contributed by atoms with Crippen molar-refractivity contribution in [2.24, 2.45) is 0 Å². The van der Waals surface area contributed by atoms with E-state index in [0.717, 1.165) is 38.4 Å². The molecule has 1 unspecified atom stereocenters. The van der Waals surface area contributed by atoms with Gasteiger partial charge in [-0.1, -0.05) is 84.1 Å². The zero-order chi connectivity index (χ0) is 25.6. The van der Waals surface area contributed by atoms with Crippen LogP contribution in [-0.4, -0.2) is 31.0 Å². The summed E-state index contributed by atoms with van der Waals surface area (Å²) in [6.45, 7) is 6.01. The van der Waals surface area contributed by atoms with E-state index in [-0.39, 0.29) is 5.91 Å². The average molecular weight is 488 g/mol. The fraction of sp³-hybridized carbons (Fsp3) is 0.194. The Kier molecular flexibility index (Phi) is 5.33. The molecule has 6 rings (SSSR count). The third-order valence-electron chi connectivity index (χ3n) is 6.80.